The van der Waals surface area contributed by atoms with Crippen molar-refractivity contribution in [2.75, 3.05) is 36.5 Å². The van der Waals surface area contributed by atoms with Gasteiger partial charge in [0.05, 0.1) is 23.5 Å². The van der Waals surface area contributed by atoms with Crippen molar-refractivity contribution in [3.05, 3.63) is 155 Å². The lowest BCUT2D eigenvalue weighted by atomic mass is 9.88. The fraction of sp³-hybridized carbons (Fsp3) is 0.233. The molecule has 11 nitrogen and oxygen atoms in total. The van der Waals surface area contributed by atoms with E-state index in [2.05, 4.69) is 4.90 Å². The summed E-state index contributed by atoms with van der Waals surface area (Å²) in [5, 5.41) is 20.2. The number of phenolic OH excluding ortho intramolecular Hbond substituents is 1. The fourth-order valence-corrected chi connectivity index (χ4v) is 7.72. The van der Waals surface area contributed by atoms with Crippen molar-refractivity contribution in [1.82, 2.24) is 4.31 Å². The number of amides is 1. The molecule has 0 aromatic heterocycles. The topological polar surface area (TPSA) is 145 Å². The summed E-state index contributed by atoms with van der Waals surface area (Å²) in [6.07, 6.45) is 1.82. The fourth-order valence-electron chi connectivity index (χ4n) is 6.60. The third kappa shape index (κ3) is 9.40. The molecular weight excluding hydrogens is 719 g/mol. The number of carboxylic acids is 1. The largest absolute Gasteiger partial charge is 0.507 e. The van der Waals surface area contributed by atoms with E-state index in [0.717, 1.165) is 58.2 Å². The van der Waals surface area contributed by atoms with Gasteiger partial charge in [-0.1, -0.05) is 72.3 Å². The Morgan fingerprint density at radius 3 is 2.09 bits per heavy atom. The van der Waals surface area contributed by atoms with Gasteiger partial charge < -0.3 is 24.7 Å². The molecule has 0 spiro atoms. The molecule has 1 heterocycles. The second kappa shape index (κ2) is 17.0. The predicted octanol–water partition coefficient (Wildman–Crippen LogP) is 6.99. The van der Waals surface area contributed by atoms with Crippen LogP contribution < -0.4 is 9.80 Å². The molecule has 5 aromatic carbocycles. The van der Waals surface area contributed by atoms with Crippen molar-refractivity contribution < 1.29 is 37.8 Å². The Labute approximate surface area is 321 Å². The molecule has 0 unspecified atom stereocenters. The van der Waals surface area contributed by atoms with Crippen LogP contribution in [0.2, 0.25) is 0 Å². The van der Waals surface area contributed by atoms with E-state index in [0.29, 0.717) is 5.92 Å². The molecule has 12 heteroatoms. The molecule has 0 saturated carbocycles. The molecule has 284 valence electrons. The van der Waals surface area contributed by atoms with E-state index in [4.69, 9.17) is 4.74 Å². The number of sulfonamides is 1. The Morgan fingerprint density at radius 2 is 1.47 bits per heavy atom. The Kier molecular flexibility index (Phi) is 12.0. The number of rotatable bonds is 13. The summed E-state index contributed by atoms with van der Waals surface area (Å²) in [6.45, 7) is 3.10. The van der Waals surface area contributed by atoms with Crippen molar-refractivity contribution in [3.8, 4) is 5.75 Å². The average molecular weight is 762 g/mol. The molecule has 2 N–H and O–H groups in total. The lowest BCUT2D eigenvalue weighted by molar-refractivity contribution is -0.118. The van der Waals surface area contributed by atoms with Crippen LogP contribution in [0.3, 0.4) is 0 Å². The second-order valence-corrected chi connectivity index (χ2v) is 15.7. The maximum atomic E-state index is 14.0. The molecule has 55 heavy (non-hydrogen) atoms. The van der Waals surface area contributed by atoms with Crippen LogP contribution in [0.5, 0.6) is 5.75 Å². The van der Waals surface area contributed by atoms with Crippen LogP contribution in [0.15, 0.2) is 126 Å². The first-order valence-electron chi connectivity index (χ1n) is 17.9. The predicted molar refractivity (Wildman–Crippen MR) is 210 cm³/mol. The number of phenols is 1. The summed E-state index contributed by atoms with van der Waals surface area (Å²) >= 11 is 0. The Balaban J connectivity index is 1.18. The Bertz CT molecular complexity index is 2240. The second-order valence-electron chi connectivity index (χ2n) is 13.7. The van der Waals surface area contributed by atoms with Crippen molar-refractivity contribution in [2.45, 2.75) is 43.7 Å². The van der Waals surface area contributed by atoms with E-state index < -0.39 is 34.4 Å². The van der Waals surface area contributed by atoms with E-state index >= 15 is 0 Å². The summed E-state index contributed by atoms with van der Waals surface area (Å²) in [4.78, 5) is 41.8. The molecule has 1 aliphatic rings. The number of hydrogen-bond donors (Lipinski definition) is 2. The zero-order chi connectivity index (χ0) is 39.1. The monoisotopic (exact) mass is 761 g/mol. The van der Waals surface area contributed by atoms with Gasteiger partial charge in [-0.25, -0.2) is 18.0 Å². The smallest absolute Gasteiger partial charge is 0.342 e. The molecule has 1 saturated heterocycles. The molecule has 1 fully saturated rings. The highest BCUT2D eigenvalue weighted by atomic mass is 32.2. The number of carbonyl (C=O) groups excluding carboxylic acids is 2. The van der Waals surface area contributed by atoms with Gasteiger partial charge in [-0.2, -0.15) is 4.31 Å². The van der Waals surface area contributed by atoms with Crippen LogP contribution in [0, 0.1) is 6.92 Å². The SMILES string of the molecule is Cc1ccc(S(=O)(=O)N(C)CC(=O)N(Cc2ccc(C3CCN(c4ccc(C(=O)O)cc4)CC3)cc2)c2ccc(C(=O)OCc3ccccc3)c(O)c2)cc1. The van der Waals surface area contributed by atoms with Gasteiger partial charge in [-0.15, -0.1) is 0 Å². The highest BCUT2D eigenvalue weighted by molar-refractivity contribution is 7.89. The summed E-state index contributed by atoms with van der Waals surface area (Å²) in [5.41, 5.74) is 5.07. The molecule has 0 radical (unpaired) electrons. The van der Waals surface area contributed by atoms with E-state index in [1.165, 1.54) is 42.3 Å². The zero-order valence-electron chi connectivity index (χ0n) is 30.7. The van der Waals surface area contributed by atoms with E-state index in [-0.39, 0.29) is 40.6 Å². The number of carboxylic acid groups (broad SMARTS) is 1. The number of aryl methyl sites for hydroxylation is 1. The van der Waals surface area contributed by atoms with Crippen molar-refractivity contribution >= 4 is 39.2 Å². The van der Waals surface area contributed by atoms with Gasteiger partial charge in [-0.05, 0) is 90.9 Å². The Hall–Kier alpha value is -5.98. The number of piperidine rings is 1. The normalized spacial score (nSPS) is 13.4. The van der Waals surface area contributed by atoms with Gasteiger partial charge in [-0.3, -0.25) is 4.79 Å². The standard InChI is InChI=1S/C43H43N3O8S/c1-30-8-19-38(20-9-30)55(52,53)44(2)28-41(48)46(37-18-21-39(40(47)26-37)43(51)54-29-32-6-4-3-5-7-32)27-31-10-12-33(13-11-31)34-22-24-45(25-23-34)36-16-14-35(15-17-36)42(49)50/h3-21,26,34,47H,22-25,27-29H2,1-2H3,(H,49,50). The third-order valence-electron chi connectivity index (χ3n) is 9.88. The number of esters is 1. The number of aromatic carboxylic acids is 1. The van der Waals surface area contributed by atoms with E-state index in [1.807, 2.05) is 73.7 Å². The van der Waals surface area contributed by atoms with Crippen LogP contribution >= 0.6 is 0 Å². The lowest BCUT2D eigenvalue weighted by Gasteiger charge is -2.34. The third-order valence-corrected chi connectivity index (χ3v) is 11.7. The van der Waals surface area contributed by atoms with Crippen LogP contribution in [-0.2, 0) is 32.7 Å². The van der Waals surface area contributed by atoms with Gasteiger partial charge in [0.15, 0.2) is 0 Å². The maximum absolute atomic E-state index is 14.0. The molecule has 0 atom stereocenters. The minimum absolute atomic E-state index is 0.0186. The maximum Gasteiger partial charge on any atom is 0.342 e. The lowest BCUT2D eigenvalue weighted by Crippen LogP contribution is -2.41. The quantitative estimate of drug-likeness (QED) is 0.121. The molecule has 1 amide bonds. The number of likely N-dealkylation sites (N-methyl/N-ethyl adjacent to an activating group) is 1. The summed E-state index contributed by atoms with van der Waals surface area (Å²) < 4.78 is 33.2. The minimum Gasteiger partial charge on any atom is -0.507 e. The van der Waals surface area contributed by atoms with Crippen molar-refractivity contribution in [3.63, 3.8) is 0 Å². The van der Waals surface area contributed by atoms with Crippen molar-refractivity contribution in [2.24, 2.45) is 0 Å². The molecule has 0 aliphatic carbocycles. The van der Waals surface area contributed by atoms with Crippen LogP contribution in [0.1, 0.15) is 61.7 Å². The highest BCUT2D eigenvalue weighted by Gasteiger charge is 2.28. The van der Waals surface area contributed by atoms with Gasteiger partial charge in [0, 0.05) is 37.6 Å². The minimum atomic E-state index is -3.99. The number of benzene rings is 5. The number of anilines is 2. The highest BCUT2D eigenvalue weighted by Crippen LogP contribution is 2.32. The number of nitrogens with zero attached hydrogens (tertiary/aromatic N) is 3. The number of ether oxygens (including phenoxy) is 1. The van der Waals surface area contributed by atoms with Gasteiger partial charge in [0.2, 0.25) is 15.9 Å². The van der Waals surface area contributed by atoms with Gasteiger partial charge >= 0.3 is 11.9 Å². The van der Waals surface area contributed by atoms with Crippen molar-refractivity contribution in [1.29, 1.82) is 0 Å². The first-order chi connectivity index (χ1) is 26.4. The Morgan fingerprint density at radius 1 is 0.818 bits per heavy atom. The number of carbonyl (C=O) groups is 3. The molecule has 0 bridgehead atoms. The number of hydrogen-bond acceptors (Lipinski definition) is 8. The summed E-state index contributed by atoms with van der Waals surface area (Å²) in [6, 6.07) is 34.6. The van der Waals surface area contributed by atoms with Crippen LogP contribution in [0.25, 0.3) is 0 Å². The average Bonchev–Trinajstić information content (AvgIpc) is 3.20. The summed E-state index contributed by atoms with van der Waals surface area (Å²) in [7, 11) is -2.64. The molecule has 5 aromatic rings. The molecular formula is C43H43N3O8S. The molecule has 6 rings (SSSR count). The molecule has 1 aliphatic heterocycles. The van der Waals surface area contributed by atoms with E-state index in [9.17, 15) is 33.0 Å². The first-order valence-corrected chi connectivity index (χ1v) is 19.4. The van der Waals surface area contributed by atoms with Gasteiger partial charge in [0.25, 0.3) is 0 Å². The van der Waals surface area contributed by atoms with Crippen LogP contribution in [-0.4, -0.2) is 67.5 Å². The van der Waals surface area contributed by atoms with E-state index in [1.54, 1.807) is 24.3 Å². The number of aromatic hydroxyl groups is 1. The van der Waals surface area contributed by atoms with Crippen LogP contribution in [0.4, 0.5) is 11.4 Å². The summed E-state index contributed by atoms with van der Waals surface area (Å²) in [5.74, 6) is -2.29. The van der Waals surface area contributed by atoms with Gasteiger partial charge in [0.1, 0.15) is 17.9 Å². The first kappa shape index (κ1) is 38.7. The zero-order valence-corrected chi connectivity index (χ0v) is 31.5.